The zero-order chi connectivity index (χ0) is 20.5. The van der Waals surface area contributed by atoms with E-state index in [9.17, 15) is 9.59 Å². The average molecular weight is 415 g/mol. The van der Waals surface area contributed by atoms with Crippen molar-refractivity contribution in [3.8, 4) is 0 Å². The minimum atomic E-state index is -0.0731. The standard InChI is InChI=1S/C22H27ClN4O2/c23-19-8-10-20(11-9-19)25-21(28)7-4-12-24-22(29)27-15-13-26(14-16-27)17-18-5-2-1-3-6-18/h1-3,5-6,8-11H,4,7,12-17H2,(H,24,29)(H,25,28). The lowest BCUT2D eigenvalue weighted by Gasteiger charge is -2.34. The summed E-state index contributed by atoms with van der Waals surface area (Å²) in [6.07, 6.45) is 0.951. The first-order valence-electron chi connectivity index (χ1n) is 9.94. The van der Waals surface area contributed by atoms with Gasteiger partial charge in [0.1, 0.15) is 0 Å². The molecule has 6 nitrogen and oxygen atoms in total. The molecule has 0 atom stereocenters. The molecule has 0 bridgehead atoms. The number of nitrogens with zero attached hydrogens (tertiary/aromatic N) is 2. The highest BCUT2D eigenvalue weighted by molar-refractivity contribution is 6.30. The first kappa shape index (κ1) is 21.1. The van der Waals surface area contributed by atoms with Gasteiger partial charge >= 0.3 is 6.03 Å². The lowest BCUT2D eigenvalue weighted by atomic mass is 10.2. The molecule has 1 aliphatic heterocycles. The van der Waals surface area contributed by atoms with Gasteiger partial charge in [0, 0.05) is 56.4 Å². The van der Waals surface area contributed by atoms with Crippen LogP contribution in [0.5, 0.6) is 0 Å². The van der Waals surface area contributed by atoms with Gasteiger partial charge in [0.05, 0.1) is 0 Å². The van der Waals surface area contributed by atoms with Gasteiger partial charge in [-0.05, 0) is 36.2 Å². The van der Waals surface area contributed by atoms with Crippen LogP contribution < -0.4 is 10.6 Å². The predicted molar refractivity (Wildman–Crippen MR) is 116 cm³/mol. The molecule has 1 aliphatic rings. The summed E-state index contributed by atoms with van der Waals surface area (Å²) in [7, 11) is 0. The van der Waals surface area contributed by atoms with E-state index >= 15 is 0 Å². The number of halogens is 1. The fourth-order valence-corrected chi connectivity index (χ4v) is 3.39. The highest BCUT2D eigenvalue weighted by atomic mass is 35.5. The monoisotopic (exact) mass is 414 g/mol. The molecular weight excluding hydrogens is 388 g/mol. The molecule has 1 heterocycles. The van der Waals surface area contributed by atoms with Gasteiger partial charge in [0.25, 0.3) is 0 Å². The number of nitrogens with one attached hydrogen (secondary N) is 2. The Labute approximate surface area is 176 Å². The number of hydrogen-bond donors (Lipinski definition) is 2. The molecule has 0 unspecified atom stereocenters. The molecule has 1 fully saturated rings. The van der Waals surface area contributed by atoms with E-state index in [1.807, 2.05) is 11.0 Å². The number of amides is 3. The van der Waals surface area contributed by atoms with Crippen LogP contribution in [0.15, 0.2) is 54.6 Å². The summed E-state index contributed by atoms with van der Waals surface area (Å²) in [5, 5.41) is 6.36. The summed E-state index contributed by atoms with van der Waals surface area (Å²) in [6, 6.07) is 17.3. The fraction of sp³-hybridized carbons (Fsp3) is 0.364. The highest BCUT2D eigenvalue weighted by Crippen LogP contribution is 2.13. The van der Waals surface area contributed by atoms with Crippen molar-refractivity contribution in [1.29, 1.82) is 0 Å². The van der Waals surface area contributed by atoms with Crippen LogP contribution in [0, 0.1) is 0 Å². The van der Waals surface area contributed by atoms with Gasteiger partial charge in [-0.15, -0.1) is 0 Å². The Morgan fingerprint density at radius 1 is 0.931 bits per heavy atom. The van der Waals surface area contributed by atoms with Crippen molar-refractivity contribution >= 4 is 29.2 Å². The van der Waals surface area contributed by atoms with E-state index in [2.05, 4.69) is 39.8 Å². The van der Waals surface area contributed by atoms with Crippen molar-refractivity contribution in [2.45, 2.75) is 19.4 Å². The van der Waals surface area contributed by atoms with Gasteiger partial charge in [-0.2, -0.15) is 0 Å². The van der Waals surface area contributed by atoms with Crippen molar-refractivity contribution < 1.29 is 9.59 Å². The summed E-state index contributed by atoms with van der Waals surface area (Å²) >= 11 is 5.83. The van der Waals surface area contributed by atoms with Crippen LogP contribution in [-0.2, 0) is 11.3 Å². The van der Waals surface area contributed by atoms with Crippen LogP contribution in [0.25, 0.3) is 0 Å². The first-order valence-corrected chi connectivity index (χ1v) is 10.3. The van der Waals surface area contributed by atoms with Gasteiger partial charge in [-0.25, -0.2) is 4.79 Å². The van der Waals surface area contributed by atoms with E-state index < -0.39 is 0 Å². The lowest BCUT2D eigenvalue weighted by Crippen LogP contribution is -2.51. The summed E-state index contributed by atoms with van der Waals surface area (Å²) in [4.78, 5) is 28.5. The van der Waals surface area contributed by atoms with Crippen LogP contribution >= 0.6 is 11.6 Å². The Hall–Kier alpha value is -2.57. The zero-order valence-electron chi connectivity index (χ0n) is 16.4. The molecule has 0 saturated carbocycles. The molecular formula is C22H27ClN4O2. The third-order valence-corrected chi connectivity index (χ3v) is 5.15. The van der Waals surface area contributed by atoms with E-state index in [-0.39, 0.29) is 11.9 Å². The van der Waals surface area contributed by atoms with Crippen molar-refractivity contribution in [2.24, 2.45) is 0 Å². The van der Waals surface area contributed by atoms with E-state index in [1.165, 1.54) is 5.56 Å². The van der Waals surface area contributed by atoms with Gasteiger partial charge < -0.3 is 15.5 Å². The molecule has 29 heavy (non-hydrogen) atoms. The molecule has 2 aromatic rings. The molecule has 1 saturated heterocycles. The molecule has 7 heteroatoms. The Morgan fingerprint density at radius 3 is 2.31 bits per heavy atom. The summed E-state index contributed by atoms with van der Waals surface area (Å²) in [6.45, 7) is 4.57. The van der Waals surface area contributed by atoms with Gasteiger partial charge in [-0.1, -0.05) is 41.9 Å². The van der Waals surface area contributed by atoms with Crippen LogP contribution in [0.3, 0.4) is 0 Å². The number of anilines is 1. The van der Waals surface area contributed by atoms with E-state index in [0.717, 1.165) is 38.4 Å². The van der Waals surface area contributed by atoms with Gasteiger partial charge in [-0.3, -0.25) is 9.69 Å². The number of urea groups is 1. The molecule has 0 radical (unpaired) electrons. The van der Waals surface area contributed by atoms with E-state index in [0.29, 0.717) is 24.4 Å². The molecule has 3 rings (SSSR count). The van der Waals surface area contributed by atoms with E-state index in [1.54, 1.807) is 24.3 Å². The van der Waals surface area contributed by atoms with Gasteiger partial charge in [0.2, 0.25) is 5.91 Å². The lowest BCUT2D eigenvalue weighted by molar-refractivity contribution is -0.116. The van der Waals surface area contributed by atoms with E-state index in [4.69, 9.17) is 11.6 Å². The Bertz CT molecular complexity index is 790. The number of hydrogen-bond acceptors (Lipinski definition) is 3. The minimum absolute atomic E-state index is 0.0533. The quantitative estimate of drug-likeness (QED) is 0.680. The predicted octanol–water partition coefficient (Wildman–Crippen LogP) is 3.59. The molecule has 0 aromatic heterocycles. The maximum Gasteiger partial charge on any atom is 0.317 e. The molecule has 2 N–H and O–H groups in total. The molecule has 154 valence electrons. The second-order valence-corrected chi connectivity index (χ2v) is 7.58. The normalized spacial score (nSPS) is 14.4. The molecule has 2 aromatic carbocycles. The zero-order valence-corrected chi connectivity index (χ0v) is 17.2. The smallest absolute Gasteiger partial charge is 0.317 e. The average Bonchev–Trinajstić information content (AvgIpc) is 2.74. The topological polar surface area (TPSA) is 64.7 Å². The number of carbonyl (C=O) groups is 2. The summed E-state index contributed by atoms with van der Waals surface area (Å²) in [5.41, 5.74) is 2.01. The largest absolute Gasteiger partial charge is 0.338 e. The van der Waals surface area contributed by atoms with Crippen LogP contribution in [0.1, 0.15) is 18.4 Å². The van der Waals surface area contributed by atoms with Crippen molar-refractivity contribution in [2.75, 3.05) is 38.0 Å². The van der Waals surface area contributed by atoms with Crippen molar-refractivity contribution in [1.82, 2.24) is 15.1 Å². The first-order chi connectivity index (χ1) is 14.1. The maximum atomic E-state index is 12.3. The number of rotatable bonds is 7. The minimum Gasteiger partial charge on any atom is -0.338 e. The van der Waals surface area contributed by atoms with Crippen molar-refractivity contribution in [3.63, 3.8) is 0 Å². The maximum absolute atomic E-state index is 12.3. The van der Waals surface area contributed by atoms with Crippen LogP contribution in [0.2, 0.25) is 5.02 Å². The summed E-state index contributed by atoms with van der Waals surface area (Å²) < 4.78 is 0. The van der Waals surface area contributed by atoms with Crippen molar-refractivity contribution in [3.05, 3.63) is 65.2 Å². The molecule has 3 amide bonds. The Morgan fingerprint density at radius 2 is 1.62 bits per heavy atom. The number of benzene rings is 2. The number of piperazine rings is 1. The Balaban J connectivity index is 1.29. The van der Waals surface area contributed by atoms with Crippen LogP contribution in [-0.4, -0.2) is 54.5 Å². The third kappa shape index (κ3) is 7.07. The third-order valence-electron chi connectivity index (χ3n) is 4.89. The Kier molecular flexibility index (Phi) is 7.90. The van der Waals surface area contributed by atoms with Gasteiger partial charge in [0.15, 0.2) is 0 Å². The second kappa shape index (κ2) is 10.8. The van der Waals surface area contributed by atoms with Crippen LogP contribution in [0.4, 0.5) is 10.5 Å². The SMILES string of the molecule is O=C(CCCNC(=O)N1CCN(Cc2ccccc2)CC1)Nc1ccc(Cl)cc1. The fourth-order valence-electron chi connectivity index (χ4n) is 3.26. The molecule has 0 spiro atoms. The summed E-state index contributed by atoms with van der Waals surface area (Å²) in [5.74, 6) is -0.0731. The number of carbonyl (C=O) groups excluding carboxylic acids is 2. The highest BCUT2D eigenvalue weighted by Gasteiger charge is 2.20. The second-order valence-electron chi connectivity index (χ2n) is 7.14. The molecule has 0 aliphatic carbocycles.